The van der Waals surface area contributed by atoms with Crippen LogP contribution in [0.3, 0.4) is 0 Å². The summed E-state index contributed by atoms with van der Waals surface area (Å²) in [6.07, 6.45) is 3.07. The van der Waals surface area contributed by atoms with Crippen molar-refractivity contribution in [3.63, 3.8) is 0 Å². The fourth-order valence-corrected chi connectivity index (χ4v) is 2.85. The highest BCUT2D eigenvalue weighted by atomic mass is 16.6. The van der Waals surface area contributed by atoms with Gasteiger partial charge < -0.3 is 16.2 Å². The average Bonchev–Trinajstić information content (AvgIpc) is 2.92. The molecule has 1 aromatic rings. The summed E-state index contributed by atoms with van der Waals surface area (Å²) < 4.78 is 0. The summed E-state index contributed by atoms with van der Waals surface area (Å²) >= 11 is 0. The molecule has 1 amide bonds. The molecule has 21 heavy (non-hydrogen) atoms. The van der Waals surface area contributed by atoms with Gasteiger partial charge in [0.1, 0.15) is 5.69 Å². The van der Waals surface area contributed by atoms with Crippen molar-refractivity contribution < 1.29 is 14.8 Å². The zero-order valence-corrected chi connectivity index (χ0v) is 11.6. The minimum absolute atomic E-state index is 0.112. The summed E-state index contributed by atoms with van der Waals surface area (Å²) in [4.78, 5) is 21.6. The Morgan fingerprint density at radius 1 is 1.43 bits per heavy atom. The first-order valence-electron chi connectivity index (χ1n) is 6.96. The number of primary amides is 1. The van der Waals surface area contributed by atoms with Gasteiger partial charge in [0.25, 0.3) is 5.69 Å². The molecule has 7 heteroatoms. The summed E-state index contributed by atoms with van der Waals surface area (Å²) in [7, 11) is 0. The first-order valence-corrected chi connectivity index (χ1v) is 6.96. The Kier molecular flexibility index (Phi) is 4.74. The minimum atomic E-state index is -0.694. The molecular weight excluding hydrogens is 274 g/mol. The van der Waals surface area contributed by atoms with E-state index in [1.807, 2.05) is 0 Å². The van der Waals surface area contributed by atoms with E-state index in [-0.39, 0.29) is 23.8 Å². The Balaban J connectivity index is 2.12. The number of nitrogens with one attached hydrogen (secondary N) is 1. The summed E-state index contributed by atoms with van der Waals surface area (Å²) in [5.41, 5.74) is 5.45. The first-order chi connectivity index (χ1) is 10.0. The smallest absolute Gasteiger partial charge is 0.293 e. The molecule has 2 unspecified atom stereocenters. The van der Waals surface area contributed by atoms with Crippen LogP contribution in [-0.2, 0) is 0 Å². The van der Waals surface area contributed by atoms with E-state index in [2.05, 4.69) is 5.32 Å². The Morgan fingerprint density at radius 2 is 2.14 bits per heavy atom. The number of benzene rings is 1. The number of aliphatic hydroxyl groups excluding tert-OH is 1. The number of rotatable bonds is 6. The van der Waals surface area contributed by atoms with Crippen LogP contribution in [0.1, 0.15) is 29.6 Å². The van der Waals surface area contributed by atoms with Gasteiger partial charge in [0, 0.05) is 24.8 Å². The van der Waals surface area contributed by atoms with Crippen LogP contribution in [0.15, 0.2) is 18.2 Å². The number of nitro groups is 1. The molecule has 7 nitrogen and oxygen atoms in total. The fraction of sp³-hybridized carbons (Fsp3) is 0.500. The maximum Gasteiger partial charge on any atom is 0.293 e. The van der Waals surface area contributed by atoms with Crippen LogP contribution in [0.2, 0.25) is 0 Å². The fourth-order valence-electron chi connectivity index (χ4n) is 2.85. The molecule has 0 heterocycles. The van der Waals surface area contributed by atoms with E-state index in [0.29, 0.717) is 18.2 Å². The third-order valence-corrected chi connectivity index (χ3v) is 4.08. The SMILES string of the molecule is NC(=O)c1ccc(NCC2CCCC2CO)c([N+](=O)[O-])c1. The van der Waals surface area contributed by atoms with Crippen molar-refractivity contribution >= 4 is 17.3 Å². The van der Waals surface area contributed by atoms with Gasteiger partial charge in [-0.2, -0.15) is 0 Å². The molecule has 1 aliphatic carbocycles. The number of carbonyl (C=O) groups excluding carboxylic acids is 1. The number of carbonyl (C=O) groups is 1. The summed E-state index contributed by atoms with van der Waals surface area (Å²) in [6, 6.07) is 4.15. The van der Waals surface area contributed by atoms with E-state index in [1.54, 1.807) is 0 Å². The van der Waals surface area contributed by atoms with Crippen molar-refractivity contribution in [2.75, 3.05) is 18.5 Å². The molecule has 0 bridgehead atoms. The van der Waals surface area contributed by atoms with Crippen molar-refractivity contribution in [2.24, 2.45) is 17.6 Å². The van der Waals surface area contributed by atoms with Gasteiger partial charge in [-0.25, -0.2) is 0 Å². The van der Waals surface area contributed by atoms with Gasteiger partial charge in [-0.1, -0.05) is 6.42 Å². The van der Waals surface area contributed by atoms with Crippen molar-refractivity contribution in [2.45, 2.75) is 19.3 Å². The van der Waals surface area contributed by atoms with Crippen LogP contribution in [0.5, 0.6) is 0 Å². The van der Waals surface area contributed by atoms with Crippen molar-refractivity contribution in [1.82, 2.24) is 0 Å². The van der Waals surface area contributed by atoms with Gasteiger partial charge in [-0.05, 0) is 36.8 Å². The van der Waals surface area contributed by atoms with E-state index >= 15 is 0 Å². The summed E-state index contributed by atoms with van der Waals surface area (Å²) in [5.74, 6) is -0.132. The lowest BCUT2D eigenvalue weighted by Gasteiger charge is -2.18. The molecule has 1 fully saturated rings. The van der Waals surface area contributed by atoms with E-state index in [0.717, 1.165) is 19.3 Å². The van der Waals surface area contributed by atoms with Gasteiger partial charge >= 0.3 is 0 Å². The number of amides is 1. The zero-order chi connectivity index (χ0) is 15.4. The number of hydrogen-bond donors (Lipinski definition) is 3. The van der Waals surface area contributed by atoms with Gasteiger partial charge in [0.2, 0.25) is 5.91 Å². The molecule has 114 valence electrons. The number of hydrogen-bond acceptors (Lipinski definition) is 5. The predicted molar refractivity (Wildman–Crippen MR) is 78.0 cm³/mol. The Bertz CT molecular complexity index is 547. The lowest BCUT2D eigenvalue weighted by atomic mass is 9.97. The van der Waals surface area contributed by atoms with Crippen molar-refractivity contribution in [3.05, 3.63) is 33.9 Å². The molecule has 2 atom stereocenters. The van der Waals surface area contributed by atoms with Crippen LogP contribution in [0.25, 0.3) is 0 Å². The van der Waals surface area contributed by atoms with E-state index in [4.69, 9.17) is 5.73 Å². The van der Waals surface area contributed by atoms with Crippen molar-refractivity contribution in [3.8, 4) is 0 Å². The van der Waals surface area contributed by atoms with Crippen LogP contribution < -0.4 is 11.1 Å². The first kappa shape index (κ1) is 15.2. The summed E-state index contributed by atoms with van der Waals surface area (Å²) in [6.45, 7) is 0.719. The largest absolute Gasteiger partial charge is 0.396 e. The molecule has 0 aromatic heterocycles. The summed E-state index contributed by atoms with van der Waals surface area (Å²) in [5, 5.41) is 23.4. The third kappa shape index (κ3) is 3.49. The highest BCUT2D eigenvalue weighted by molar-refractivity contribution is 5.94. The van der Waals surface area contributed by atoms with E-state index in [9.17, 15) is 20.0 Å². The number of aliphatic hydroxyl groups is 1. The van der Waals surface area contributed by atoms with Crippen LogP contribution in [0.4, 0.5) is 11.4 Å². The molecule has 1 saturated carbocycles. The monoisotopic (exact) mass is 293 g/mol. The average molecular weight is 293 g/mol. The number of nitro benzene ring substituents is 1. The second-order valence-electron chi connectivity index (χ2n) is 5.37. The third-order valence-electron chi connectivity index (χ3n) is 4.08. The van der Waals surface area contributed by atoms with Crippen LogP contribution in [-0.4, -0.2) is 29.1 Å². The van der Waals surface area contributed by atoms with Gasteiger partial charge in [-0.3, -0.25) is 14.9 Å². The lowest BCUT2D eigenvalue weighted by Crippen LogP contribution is -2.21. The van der Waals surface area contributed by atoms with Crippen molar-refractivity contribution in [1.29, 1.82) is 0 Å². The maximum atomic E-state index is 11.1. The normalized spacial score (nSPS) is 21.2. The molecule has 0 radical (unpaired) electrons. The second-order valence-corrected chi connectivity index (χ2v) is 5.37. The van der Waals surface area contributed by atoms with Crippen LogP contribution >= 0.6 is 0 Å². The van der Waals surface area contributed by atoms with Crippen LogP contribution in [0, 0.1) is 22.0 Å². The van der Waals surface area contributed by atoms with Gasteiger partial charge in [0.15, 0.2) is 0 Å². The van der Waals surface area contributed by atoms with Gasteiger partial charge in [0.05, 0.1) is 4.92 Å². The lowest BCUT2D eigenvalue weighted by molar-refractivity contribution is -0.384. The molecule has 0 saturated heterocycles. The number of nitrogens with two attached hydrogens (primary N) is 1. The Labute approximate surface area is 122 Å². The molecule has 0 spiro atoms. The standard InChI is InChI=1S/C14H19N3O4/c15-14(19)9-4-5-12(13(6-9)17(20)21)16-7-10-2-1-3-11(10)8-18/h4-6,10-11,16,18H,1-3,7-8H2,(H2,15,19). The minimum Gasteiger partial charge on any atom is -0.396 e. The molecule has 4 N–H and O–H groups in total. The second kappa shape index (κ2) is 6.53. The van der Waals surface area contributed by atoms with E-state index < -0.39 is 10.8 Å². The number of nitrogens with zero attached hydrogens (tertiary/aromatic N) is 1. The molecular formula is C14H19N3O4. The maximum absolute atomic E-state index is 11.1. The Hall–Kier alpha value is -2.15. The predicted octanol–water partition coefficient (Wildman–Crippen LogP) is 1.51. The molecule has 0 aliphatic heterocycles. The Morgan fingerprint density at radius 3 is 2.76 bits per heavy atom. The zero-order valence-electron chi connectivity index (χ0n) is 11.6. The molecule has 2 rings (SSSR count). The van der Waals surface area contributed by atoms with E-state index in [1.165, 1.54) is 18.2 Å². The molecule has 1 aliphatic rings. The quantitative estimate of drug-likeness (QED) is 0.542. The molecule has 1 aromatic carbocycles. The van der Waals surface area contributed by atoms with Gasteiger partial charge in [-0.15, -0.1) is 0 Å². The number of anilines is 1. The highest BCUT2D eigenvalue weighted by Crippen LogP contribution is 2.32. The highest BCUT2D eigenvalue weighted by Gasteiger charge is 2.27. The topological polar surface area (TPSA) is 118 Å².